The lowest BCUT2D eigenvalue weighted by Crippen LogP contribution is -1.38. The number of halogens is 1. The Morgan fingerprint density at radius 3 is 2.43 bits per heavy atom. The summed E-state index contributed by atoms with van der Waals surface area (Å²) in [7, 11) is 0.500. The van der Waals surface area contributed by atoms with Gasteiger partial charge in [-0.05, 0) is 0 Å². The molecule has 0 atom stereocenters. The van der Waals surface area contributed by atoms with Crippen molar-refractivity contribution in [2.24, 2.45) is 0 Å². The first-order chi connectivity index (χ1) is 3.50. The van der Waals surface area contributed by atoms with Crippen molar-refractivity contribution < 1.29 is 4.39 Å². The van der Waals surface area contributed by atoms with Crippen LogP contribution >= 0.6 is 11.3 Å². The van der Waals surface area contributed by atoms with Crippen LogP contribution in [0.25, 0.3) is 0 Å². The molecule has 1 aromatic heterocycles. The topological polar surface area (TPSA) is 12.9 Å². The molecule has 0 spiro atoms. The molecule has 0 aliphatic heterocycles. The van der Waals surface area contributed by atoms with E-state index in [4.69, 9.17) is 0 Å². The highest BCUT2D eigenvalue weighted by atomic mass is 32.1. The molecule has 0 radical (unpaired) electrons. The van der Waals surface area contributed by atoms with Crippen molar-refractivity contribution >= 4 is 11.3 Å². The summed E-state index contributed by atoms with van der Waals surface area (Å²) < 4.78 is 9.50. The lowest BCUT2D eigenvalue weighted by Gasteiger charge is -1.41. The van der Waals surface area contributed by atoms with E-state index in [1.807, 2.05) is 5.38 Å². The molecule has 7 heavy (non-hydrogen) atoms. The Labute approximate surface area is 45.8 Å². The third kappa shape index (κ3) is 3.39. The van der Waals surface area contributed by atoms with Gasteiger partial charge in [-0.1, -0.05) is 0 Å². The highest BCUT2D eigenvalue weighted by Gasteiger charge is 1.59. The molecular formula is C4H6FNS. The second kappa shape index (κ2) is 5.56. The minimum atomic E-state index is 0.500. The summed E-state index contributed by atoms with van der Waals surface area (Å²) in [5, 5.41) is 1.93. The van der Waals surface area contributed by atoms with Crippen molar-refractivity contribution in [3.63, 3.8) is 0 Å². The quantitative estimate of drug-likeness (QED) is 0.506. The van der Waals surface area contributed by atoms with E-state index in [0.29, 0.717) is 7.18 Å². The zero-order valence-corrected chi connectivity index (χ0v) is 4.78. The molecule has 0 aromatic carbocycles. The predicted octanol–water partition coefficient (Wildman–Crippen LogP) is 1.73. The highest BCUT2D eigenvalue weighted by Crippen LogP contribution is 1.85. The summed E-state index contributed by atoms with van der Waals surface area (Å²) in [6, 6.07) is 0. The summed E-state index contributed by atoms with van der Waals surface area (Å²) >= 11 is 1.60. The zero-order valence-electron chi connectivity index (χ0n) is 3.97. The van der Waals surface area contributed by atoms with E-state index >= 15 is 0 Å². The number of rotatable bonds is 0. The second-order valence-electron chi connectivity index (χ2n) is 0.676. The van der Waals surface area contributed by atoms with Crippen molar-refractivity contribution in [3.05, 3.63) is 17.1 Å². The Hall–Kier alpha value is -0.440. The lowest BCUT2D eigenvalue weighted by atomic mass is 11.0. The van der Waals surface area contributed by atoms with Crippen LogP contribution in [0.2, 0.25) is 0 Å². The fourth-order valence-corrected chi connectivity index (χ4v) is 0.527. The van der Waals surface area contributed by atoms with Gasteiger partial charge in [0.05, 0.1) is 12.7 Å². The number of aromatic nitrogens is 1. The Bertz CT molecular complexity index is 68.2. The normalized spacial score (nSPS) is 6.57. The van der Waals surface area contributed by atoms with Crippen molar-refractivity contribution in [2.45, 2.75) is 0 Å². The largest absolute Gasteiger partial charge is 0.255 e. The SMILES string of the molecule is CF.c1cscn1. The van der Waals surface area contributed by atoms with Crippen LogP contribution in [-0.2, 0) is 0 Å². The Balaban J connectivity index is 0.000000162. The molecule has 40 valence electrons. The summed E-state index contributed by atoms with van der Waals surface area (Å²) in [6.45, 7) is 0. The van der Waals surface area contributed by atoms with E-state index in [0.717, 1.165) is 0 Å². The van der Waals surface area contributed by atoms with Crippen LogP contribution in [0.5, 0.6) is 0 Å². The monoisotopic (exact) mass is 119 g/mol. The summed E-state index contributed by atoms with van der Waals surface area (Å²) in [5.74, 6) is 0. The van der Waals surface area contributed by atoms with E-state index in [9.17, 15) is 4.39 Å². The van der Waals surface area contributed by atoms with Gasteiger partial charge in [0.2, 0.25) is 0 Å². The van der Waals surface area contributed by atoms with Crippen LogP contribution in [0.3, 0.4) is 0 Å². The molecule has 0 aliphatic rings. The van der Waals surface area contributed by atoms with Crippen LogP contribution in [-0.4, -0.2) is 12.2 Å². The third-order valence-electron chi connectivity index (χ3n) is 0.347. The predicted molar refractivity (Wildman–Crippen MR) is 29.1 cm³/mol. The molecule has 3 heteroatoms. The van der Waals surface area contributed by atoms with Gasteiger partial charge in [-0.25, -0.2) is 0 Å². The molecule has 1 heterocycles. The molecule has 0 N–H and O–H groups in total. The summed E-state index contributed by atoms with van der Waals surface area (Å²) in [4.78, 5) is 3.74. The first kappa shape index (κ1) is 6.56. The lowest BCUT2D eigenvalue weighted by molar-refractivity contribution is 0.636. The second-order valence-corrected chi connectivity index (χ2v) is 1.43. The molecule has 0 bridgehead atoms. The standard InChI is InChI=1S/C3H3NS.CH3F/c1-2-5-3-4-1;1-2/h1-3H;1H3. The van der Waals surface area contributed by atoms with Crippen LogP contribution < -0.4 is 0 Å². The maximum Gasteiger partial charge on any atom is 0.0791 e. The van der Waals surface area contributed by atoms with Crippen molar-refractivity contribution in [2.75, 3.05) is 7.18 Å². The summed E-state index contributed by atoms with van der Waals surface area (Å²) in [6.07, 6.45) is 1.77. The van der Waals surface area contributed by atoms with Gasteiger partial charge >= 0.3 is 0 Å². The van der Waals surface area contributed by atoms with Crippen molar-refractivity contribution in [1.82, 2.24) is 4.98 Å². The maximum absolute atomic E-state index is 9.50. The number of nitrogens with zero attached hydrogens (tertiary/aromatic N) is 1. The number of alkyl halides is 1. The first-order valence-corrected chi connectivity index (χ1v) is 2.64. The molecule has 1 aromatic rings. The molecule has 1 nitrogen and oxygen atoms in total. The molecule has 0 unspecified atom stereocenters. The van der Waals surface area contributed by atoms with E-state index < -0.39 is 0 Å². The van der Waals surface area contributed by atoms with E-state index in [1.165, 1.54) is 0 Å². The molecule has 0 saturated heterocycles. The molecule has 0 aliphatic carbocycles. The molecular weight excluding hydrogens is 113 g/mol. The zero-order chi connectivity index (χ0) is 5.54. The molecule has 1 rings (SSSR count). The van der Waals surface area contributed by atoms with Gasteiger partial charge < -0.3 is 0 Å². The van der Waals surface area contributed by atoms with E-state index in [-0.39, 0.29) is 0 Å². The third-order valence-corrected chi connectivity index (χ3v) is 0.869. The van der Waals surface area contributed by atoms with Crippen molar-refractivity contribution in [3.8, 4) is 0 Å². The Kier molecular flexibility index (Phi) is 5.21. The smallest absolute Gasteiger partial charge is 0.0791 e. The van der Waals surface area contributed by atoms with Gasteiger partial charge in [0, 0.05) is 11.6 Å². The maximum atomic E-state index is 9.50. The van der Waals surface area contributed by atoms with Crippen LogP contribution in [0, 0.1) is 0 Å². The Morgan fingerprint density at radius 1 is 1.57 bits per heavy atom. The van der Waals surface area contributed by atoms with Crippen LogP contribution in [0.15, 0.2) is 17.1 Å². The van der Waals surface area contributed by atoms with Gasteiger partial charge in [-0.15, -0.1) is 11.3 Å². The average molecular weight is 119 g/mol. The fourth-order valence-electron chi connectivity index (χ4n) is 0.176. The molecule has 0 amide bonds. The first-order valence-electron chi connectivity index (χ1n) is 1.70. The average Bonchev–Trinajstić information content (AvgIpc) is 2.23. The van der Waals surface area contributed by atoms with E-state index in [1.54, 1.807) is 23.0 Å². The van der Waals surface area contributed by atoms with E-state index in [2.05, 4.69) is 4.98 Å². The van der Waals surface area contributed by atoms with Crippen LogP contribution in [0.4, 0.5) is 4.39 Å². The number of hydrogen-bond acceptors (Lipinski definition) is 2. The molecule has 0 saturated carbocycles. The summed E-state index contributed by atoms with van der Waals surface area (Å²) in [5.41, 5.74) is 1.79. The van der Waals surface area contributed by atoms with Gasteiger partial charge in [0.25, 0.3) is 0 Å². The van der Waals surface area contributed by atoms with Gasteiger partial charge in [-0.2, -0.15) is 0 Å². The van der Waals surface area contributed by atoms with Crippen LogP contribution in [0.1, 0.15) is 0 Å². The Morgan fingerprint density at radius 2 is 2.29 bits per heavy atom. The number of hydrogen-bond donors (Lipinski definition) is 0. The van der Waals surface area contributed by atoms with Crippen molar-refractivity contribution in [1.29, 1.82) is 0 Å². The highest BCUT2D eigenvalue weighted by molar-refractivity contribution is 7.07. The minimum Gasteiger partial charge on any atom is -0.255 e. The van der Waals surface area contributed by atoms with Gasteiger partial charge in [0.1, 0.15) is 0 Å². The molecule has 0 fully saturated rings. The fraction of sp³-hybridized carbons (Fsp3) is 0.250. The number of thiazole rings is 1. The minimum absolute atomic E-state index is 0.500. The van der Waals surface area contributed by atoms with Gasteiger partial charge in [-0.3, -0.25) is 9.37 Å². The van der Waals surface area contributed by atoms with Gasteiger partial charge in [0.15, 0.2) is 0 Å².